The zero-order chi connectivity index (χ0) is 47.4. The molecule has 19 nitrogen and oxygen atoms in total. The molecule has 0 bridgehead atoms. The molecule has 1 aromatic heterocycles. The predicted molar refractivity (Wildman–Crippen MR) is 204 cm³/mol. The molecule has 5 N–H and O–H groups in total. The summed E-state index contributed by atoms with van der Waals surface area (Å²) in [5.74, 6) is -3.77. The average Bonchev–Trinajstić information content (AvgIpc) is 3.61. The van der Waals surface area contributed by atoms with Gasteiger partial charge in [0, 0.05) is 23.9 Å². The van der Waals surface area contributed by atoms with Gasteiger partial charge in [-0.15, -0.1) is 5.10 Å². The highest BCUT2D eigenvalue weighted by Crippen LogP contribution is 2.38. The molecule has 0 atom stereocenters. The molecule has 0 aliphatic carbocycles. The molecule has 4 aromatic rings. The number of sulfonamides is 1. The first-order chi connectivity index (χ1) is 28.4. The molecule has 0 radical (unpaired) electrons. The number of aliphatic carboxylic acids is 1. The van der Waals surface area contributed by atoms with Crippen molar-refractivity contribution in [3.63, 3.8) is 0 Å². The minimum absolute atomic E-state index is 0.189. The van der Waals surface area contributed by atoms with E-state index in [1.54, 1.807) is 18.6 Å². The number of carbonyl (C=O) groups is 3. The highest BCUT2D eigenvalue weighted by Gasteiger charge is 2.36. The van der Waals surface area contributed by atoms with E-state index in [0.717, 1.165) is 24.3 Å². The van der Waals surface area contributed by atoms with E-state index in [-0.39, 0.29) is 34.1 Å². The van der Waals surface area contributed by atoms with Gasteiger partial charge < -0.3 is 29.3 Å². The zero-order valence-corrected chi connectivity index (χ0v) is 34.8. The van der Waals surface area contributed by atoms with Gasteiger partial charge in [-0.2, -0.15) is 26.3 Å². The lowest BCUT2D eigenvalue weighted by Gasteiger charge is -2.26. The van der Waals surface area contributed by atoms with Gasteiger partial charge in [-0.05, 0) is 62.4 Å². The van der Waals surface area contributed by atoms with E-state index in [0.29, 0.717) is 24.1 Å². The van der Waals surface area contributed by atoms with Gasteiger partial charge in [-0.1, -0.05) is 28.0 Å². The van der Waals surface area contributed by atoms with Crippen LogP contribution in [0, 0.1) is 15.9 Å². The van der Waals surface area contributed by atoms with E-state index in [1.807, 2.05) is 0 Å². The first-order valence-corrected chi connectivity index (χ1v) is 21.2. The lowest BCUT2D eigenvalue weighted by Crippen LogP contribution is -2.40. The third-order valence-corrected chi connectivity index (χ3v) is 8.99. The summed E-state index contributed by atoms with van der Waals surface area (Å²) in [6, 6.07) is 10.1. The van der Waals surface area contributed by atoms with Crippen LogP contribution in [-0.4, -0.2) is 88.0 Å². The summed E-state index contributed by atoms with van der Waals surface area (Å²) in [6.45, 7) is 2.54. The molecule has 62 heavy (non-hydrogen) atoms. The van der Waals surface area contributed by atoms with Crippen molar-refractivity contribution in [2.45, 2.75) is 32.2 Å². The van der Waals surface area contributed by atoms with Gasteiger partial charge in [0.1, 0.15) is 22.9 Å². The van der Waals surface area contributed by atoms with Crippen LogP contribution in [0.1, 0.15) is 34.8 Å². The second-order valence-corrected chi connectivity index (χ2v) is 16.8. The molecular formula is C32H31ClF7N6O13PS2. The lowest BCUT2D eigenvalue weighted by molar-refractivity contribution is -0.385. The summed E-state index contributed by atoms with van der Waals surface area (Å²) in [4.78, 5) is 61.9. The first-order valence-electron chi connectivity index (χ1n) is 16.3. The molecule has 3 aromatic carbocycles. The molecule has 2 amide bonds. The van der Waals surface area contributed by atoms with Crippen molar-refractivity contribution >= 4 is 69.7 Å². The number of nitrogens with one attached hydrogen (secondary N) is 2. The van der Waals surface area contributed by atoms with E-state index in [2.05, 4.69) is 15.5 Å². The number of carbonyl (C=O) groups excluding carboxylic acids is 2. The predicted octanol–water partition coefficient (Wildman–Crippen LogP) is 6.06. The van der Waals surface area contributed by atoms with Gasteiger partial charge in [0.05, 0.1) is 34.6 Å². The Labute approximate surface area is 353 Å². The van der Waals surface area contributed by atoms with Gasteiger partial charge in [0.2, 0.25) is 15.0 Å². The molecule has 0 aliphatic heterocycles. The number of nitro groups is 1. The number of rotatable bonds is 14. The molecule has 30 heteroatoms. The van der Waals surface area contributed by atoms with E-state index < -0.39 is 105 Å². The number of ether oxygens (including phenoxy) is 2. The van der Waals surface area contributed by atoms with Crippen LogP contribution < -0.4 is 24.4 Å². The Bertz CT molecular complexity index is 2390. The Balaban J connectivity index is 0.000000354. The number of nitrogens with zero attached hydrogens (tertiary/aromatic N) is 4. The van der Waals surface area contributed by atoms with E-state index in [1.165, 1.54) is 29.2 Å². The van der Waals surface area contributed by atoms with Crippen LogP contribution in [0.25, 0.3) is 0 Å². The summed E-state index contributed by atoms with van der Waals surface area (Å²) < 4.78 is 133. The summed E-state index contributed by atoms with van der Waals surface area (Å²) in [7, 11) is -8.10. The standard InChI is InChI=1S/C15H10ClF3N2O6S.C14H13F4N3O2S.C3H8NO5P/c1-28(25,26)20-14(22)10-7-9(3-4-12(10)21(23)24)27-13-5-2-8(6-11(13)16)15(17,18)19;1-8(2)21(10-5-3-9(15)4-6-10)11(22)7-23-13-20-19-12(24-13)14(16,17)18;5-3(6)1-4-2-10(7,8)9/h2-7H,1H3,(H,20,22);3-6,8H,7H2,1-2H3;4H,1-2H2,(H,5,6)(H2,7,8,9). The highest BCUT2D eigenvalue weighted by atomic mass is 35.5. The van der Waals surface area contributed by atoms with Crippen molar-refractivity contribution in [2.24, 2.45) is 0 Å². The van der Waals surface area contributed by atoms with Crippen LogP contribution >= 0.6 is 30.5 Å². The number of carboxylic acid groups (broad SMARTS) is 1. The number of alkyl halides is 6. The van der Waals surface area contributed by atoms with Crippen molar-refractivity contribution in [1.29, 1.82) is 0 Å². The van der Waals surface area contributed by atoms with Crippen molar-refractivity contribution in [2.75, 3.05) is 30.6 Å². The number of benzene rings is 3. The Morgan fingerprint density at radius 3 is 2.08 bits per heavy atom. The molecule has 0 spiro atoms. The maximum absolute atomic E-state index is 13.0. The number of carboxylic acids is 1. The molecule has 1 heterocycles. The van der Waals surface area contributed by atoms with E-state index in [9.17, 15) is 68.2 Å². The van der Waals surface area contributed by atoms with Crippen LogP contribution in [0.2, 0.25) is 5.02 Å². The third kappa shape index (κ3) is 18.2. The number of aromatic nitrogens is 2. The largest absolute Gasteiger partial charge is 0.480 e. The monoisotopic (exact) mass is 970 g/mol. The zero-order valence-electron chi connectivity index (χ0n) is 31.5. The van der Waals surface area contributed by atoms with Gasteiger partial charge >= 0.3 is 25.9 Å². The fourth-order valence-electron chi connectivity index (χ4n) is 4.25. The number of halogens is 8. The minimum atomic E-state index is -4.62. The fraction of sp³-hybridized carbons (Fsp3) is 0.281. The number of hydrogen-bond donors (Lipinski definition) is 5. The van der Waals surface area contributed by atoms with Crippen LogP contribution in [0.15, 0.2) is 60.7 Å². The Hall–Kier alpha value is -5.51. The lowest BCUT2D eigenvalue weighted by atomic mass is 10.1. The van der Waals surface area contributed by atoms with Crippen molar-refractivity contribution < 1.29 is 87.4 Å². The van der Waals surface area contributed by atoms with Gasteiger partial charge in [0.15, 0.2) is 6.61 Å². The van der Waals surface area contributed by atoms with Crippen molar-refractivity contribution in [3.8, 4) is 16.7 Å². The molecule has 0 aliphatic rings. The van der Waals surface area contributed by atoms with Gasteiger partial charge in [-0.3, -0.25) is 34.4 Å². The molecule has 0 fully saturated rings. The van der Waals surface area contributed by atoms with E-state index >= 15 is 0 Å². The van der Waals surface area contributed by atoms with Gasteiger partial charge in [0.25, 0.3) is 22.7 Å². The smallest absolute Gasteiger partial charge is 0.445 e. The topological polar surface area (TPSA) is 278 Å². The molecule has 340 valence electrons. The Morgan fingerprint density at radius 1 is 1.00 bits per heavy atom. The van der Waals surface area contributed by atoms with Gasteiger partial charge in [-0.25, -0.2) is 17.5 Å². The highest BCUT2D eigenvalue weighted by molar-refractivity contribution is 7.89. The van der Waals surface area contributed by atoms with E-state index in [4.69, 9.17) is 36.0 Å². The summed E-state index contributed by atoms with van der Waals surface area (Å²) >= 11 is 5.97. The fourth-order valence-corrected chi connectivity index (χ4v) is 5.88. The Kier molecular flexibility index (Phi) is 18.7. The molecule has 4 rings (SSSR count). The van der Waals surface area contributed by atoms with Crippen molar-refractivity contribution in [3.05, 3.63) is 97.8 Å². The number of nitro benzene ring substituents is 1. The second-order valence-electron chi connectivity index (χ2n) is 12.0. The summed E-state index contributed by atoms with van der Waals surface area (Å²) in [5.41, 5.74) is -1.89. The summed E-state index contributed by atoms with van der Waals surface area (Å²) in [5, 5.41) is 25.4. The molecular weight excluding hydrogens is 940 g/mol. The SMILES string of the molecule is CC(C)N(C(=O)COc1nnc(C(F)(F)F)s1)c1ccc(F)cc1.CS(=O)(=O)NC(=O)c1cc(Oc2ccc(C(F)(F)F)cc2Cl)ccc1[N+](=O)[O-].O=C(O)CNCP(=O)(O)O. The first kappa shape index (κ1) is 52.6. The van der Waals surface area contributed by atoms with Crippen LogP contribution in [0.3, 0.4) is 0 Å². The van der Waals surface area contributed by atoms with Crippen LogP contribution in [0.5, 0.6) is 16.7 Å². The number of amides is 2. The number of hydrogen-bond acceptors (Lipinski definition) is 14. The summed E-state index contributed by atoms with van der Waals surface area (Å²) in [6.07, 6.45) is -9.15. The van der Waals surface area contributed by atoms with Crippen molar-refractivity contribution in [1.82, 2.24) is 20.2 Å². The number of anilines is 1. The van der Waals surface area contributed by atoms with Crippen LogP contribution in [-0.2, 0) is 36.5 Å². The maximum atomic E-state index is 13.0. The normalized spacial score (nSPS) is 11.6. The Morgan fingerprint density at radius 2 is 1.61 bits per heavy atom. The molecule has 0 saturated carbocycles. The minimum Gasteiger partial charge on any atom is -0.480 e. The quantitative estimate of drug-likeness (QED) is 0.0416. The average molecular weight is 971 g/mol. The third-order valence-electron chi connectivity index (χ3n) is 6.63. The molecule has 0 unspecified atom stereocenters. The molecule has 0 saturated heterocycles. The maximum Gasteiger partial charge on any atom is 0.445 e. The second kappa shape index (κ2) is 22.0. The van der Waals surface area contributed by atoms with Crippen LogP contribution in [0.4, 0.5) is 42.1 Å².